The summed E-state index contributed by atoms with van der Waals surface area (Å²) in [5, 5.41) is 11.4. The van der Waals surface area contributed by atoms with Gasteiger partial charge in [0.1, 0.15) is 17.9 Å². The molecule has 0 unspecified atom stereocenters. The van der Waals surface area contributed by atoms with E-state index in [9.17, 15) is 9.59 Å². The third-order valence-electron chi connectivity index (χ3n) is 3.11. The minimum absolute atomic E-state index is 0.167. The number of nitrogens with one attached hydrogen (secondary N) is 1. The molecule has 1 aromatic carbocycles. The second-order valence-corrected chi connectivity index (χ2v) is 5.36. The molecular weight excluding hydrogens is 296 g/mol. The molecule has 0 saturated heterocycles. The summed E-state index contributed by atoms with van der Waals surface area (Å²) in [6.07, 6.45) is -0.855. The Balaban J connectivity index is 2.78. The molecule has 0 spiro atoms. The zero-order valence-corrected chi connectivity index (χ0v) is 13.8. The van der Waals surface area contributed by atoms with E-state index >= 15 is 0 Å². The fourth-order valence-electron chi connectivity index (χ4n) is 1.87. The third-order valence-corrected chi connectivity index (χ3v) is 3.11. The van der Waals surface area contributed by atoms with Crippen LogP contribution in [0.15, 0.2) is 24.3 Å². The van der Waals surface area contributed by atoms with Crippen molar-refractivity contribution in [2.45, 2.75) is 39.8 Å². The van der Waals surface area contributed by atoms with Crippen molar-refractivity contribution in [2.75, 3.05) is 6.61 Å². The van der Waals surface area contributed by atoms with Gasteiger partial charge in [-0.1, -0.05) is 13.8 Å². The largest absolute Gasteiger partial charge is 0.494 e. The standard InChI is InChI=1S/C17H22N2O4/c1-5-22-14-8-6-13(7-9-14)16(20)19-15(11(2)3)17(21)23-12(4)10-18/h6-9,11-12,15H,5H2,1-4H3,(H,19,20)/t12-,15+/m1/s1. The summed E-state index contributed by atoms with van der Waals surface area (Å²) in [5.41, 5.74) is 0.417. The average molecular weight is 318 g/mol. The van der Waals surface area contributed by atoms with Crippen LogP contribution in [0, 0.1) is 17.2 Å². The summed E-state index contributed by atoms with van der Waals surface area (Å²) >= 11 is 0. The lowest BCUT2D eigenvalue weighted by Crippen LogP contribution is -2.46. The number of amides is 1. The maximum absolute atomic E-state index is 12.3. The summed E-state index contributed by atoms with van der Waals surface area (Å²) in [4.78, 5) is 24.3. The first-order chi connectivity index (χ1) is 10.9. The molecule has 1 N–H and O–H groups in total. The minimum atomic E-state index is -0.855. The maximum Gasteiger partial charge on any atom is 0.330 e. The normalized spacial score (nSPS) is 12.9. The number of hydrogen-bond acceptors (Lipinski definition) is 5. The van der Waals surface area contributed by atoms with E-state index in [1.165, 1.54) is 6.92 Å². The fraction of sp³-hybridized carbons (Fsp3) is 0.471. The van der Waals surface area contributed by atoms with Gasteiger partial charge in [-0.25, -0.2) is 4.79 Å². The van der Waals surface area contributed by atoms with Gasteiger partial charge in [-0.3, -0.25) is 4.79 Å². The molecule has 0 aliphatic rings. The Morgan fingerprint density at radius 2 is 1.83 bits per heavy atom. The molecule has 0 bridgehead atoms. The molecule has 6 nitrogen and oxygen atoms in total. The Morgan fingerprint density at radius 1 is 1.22 bits per heavy atom. The molecule has 1 aromatic rings. The molecule has 1 amide bonds. The van der Waals surface area contributed by atoms with Gasteiger partial charge in [0.2, 0.25) is 0 Å². The van der Waals surface area contributed by atoms with Crippen LogP contribution in [0.25, 0.3) is 0 Å². The molecule has 6 heteroatoms. The van der Waals surface area contributed by atoms with Gasteiger partial charge in [-0.2, -0.15) is 5.26 Å². The maximum atomic E-state index is 12.3. The predicted octanol–water partition coefficient (Wildman–Crippen LogP) is 2.29. The van der Waals surface area contributed by atoms with Crippen molar-refractivity contribution >= 4 is 11.9 Å². The fourth-order valence-corrected chi connectivity index (χ4v) is 1.87. The predicted molar refractivity (Wildman–Crippen MR) is 84.9 cm³/mol. The smallest absolute Gasteiger partial charge is 0.330 e. The first-order valence-corrected chi connectivity index (χ1v) is 7.52. The molecule has 0 fully saturated rings. The van der Waals surface area contributed by atoms with Crippen LogP contribution in [-0.4, -0.2) is 30.6 Å². The molecule has 0 radical (unpaired) electrons. The SMILES string of the molecule is CCOc1ccc(C(=O)N[C@H](C(=O)O[C@H](C)C#N)C(C)C)cc1. The van der Waals surface area contributed by atoms with Gasteiger partial charge in [0.05, 0.1) is 6.61 Å². The minimum Gasteiger partial charge on any atom is -0.494 e. The number of nitriles is 1. The van der Waals surface area contributed by atoms with Gasteiger partial charge in [0.25, 0.3) is 5.91 Å². The van der Waals surface area contributed by atoms with Crippen LogP contribution in [-0.2, 0) is 9.53 Å². The van der Waals surface area contributed by atoms with Crippen molar-refractivity contribution in [2.24, 2.45) is 5.92 Å². The number of benzene rings is 1. The highest BCUT2D eigenvalue weighted by Crippen LogP contribution is 2.13. The molecule has 124 valence electrons. The van der Waals surface area contributed by atoms with Gasteiger partial charge < -0.3 is 14.8 Å². The first kappa shape index (κ1) is 18.5. The number of carbonyl (C=O) groups is 2. The summed E-state index contributed by atoms with van der Waals surface area (Å²) < 4.78 is 10.3. The summed E-state index contributed by atoms with van der Waals surface area (Å²) in [6, 6.07) is 7.65. The van der Waals surface area contributed by atoms with Crippen LogP contribution in [0.1, 0.15) is 38.1 Å². The molecular formula is C17H22N2O4. The highest BCUT2D eigenvalue weighted by molar-refractivity contribution is 5.97. The van der Waals surface area contributed by atoms with Crippen LogP contribution in [0.2, 0.25) is 0 Å². The van der Waals surface area contributed by atoms with Crippen LogP contribution in [0.5, 0.6) is 5.75 Å². The van der Waals surface area contributed by atoms with Gasteiger partial charge in [-0.15, -0.1) is 0 Å². The lowest BCUT2D eigenvalue weighted by Gasteiger charge is -2.21. The average Bonchev–Trinajstić information content (AvgIpc) is 2.52. The Hall–Kier alpha value is -2.55. The number of hydrogen-bond donors (Lipinski definition) is 1. The van der Waals surface area contributed by atoms with Crippen molar-refractivity contribution in [3.8, 4) is 11.8 Å². The van der Waals surface area contributed by atoms with E-state index < -0.39 is 18.1 Å². The summed E-state index contributed by atoms with van der Waals surface area (Å²) in [6.45, 7) is 7.48. The molecule has 0 saturated carbocycles. The second-order valence-electron chi connectivity index (χ2n) is 5.36. The van der Waals surface area contributed by atoms with E-state index in [0.29, 0.717) is 17.9 Å². The molecule has 0 aliphatic heterocycles. The molecule has 0 heterocycles. The number of rotatable bonds is 7. The summed E-state index contributed by atoms with van der Waals surface area (Å²) in [5.74, 6) is -0.492. The van der Waals surface area contributed by atoms with Crippen LogP contribution in [0.4, 0.5) is 0 Å². The Labute approximate surface area is 136 Å². The Morgan fingerprint density at radius 3 is 2.30 bits per heavy atom. The van der Waals surface area contributed by atoms with Crippen LogP contribution >= 0.6 is 0 Å². The highest BCUT2D eigenvalue weighted by Gasteiger charge is 2.27. The monoisotopic (exact) mass is 318 g/mol. The lowest BCUT2D eigenvalue weighted by molar-refractivity contribution is -0.149. The van der Waals surface area contributed by atoms with Gasteiger partial charge in [-0.05, 0) is 44.0 Å². The number of nitrogens with zero attached hydrogens (tertiary/aromatic N) is 1. The second kappa shape index (κ2) is 8.79. The zero-order chi connectivity index (χ0) is 17.4. The van der Waals surface area contributed by atoms with Crippen molar-refractivity contribution < 1.29 is 19.1 Å². The third kappa shape index (κ3) is 5.62. The van der Waals surface area contributed by atoms with E-state index in [-0.39, 0.29) is 11.8 Å². The van der Waals surface area contributed by atoms with Crippen LogP contribution in [0.3, 0.4) is 0 Å². The molecule has 2 atom stereocenters. The quantitative estimate of drug-likeness (QED) is 0.779. The Kier molecular flexibility index (Phi) is 7.07. The number of carbonyl (C=O) groups excluding carboxylic acids is 2. The van der Waals surface area contributed by atoms with E-state index in [0.717, 1.165) is 0 Å². The van der Waals surface area contributed by atoms with Gasteiger partial charge in [0, 0.05) is 5.56 Å². The number of esters is 1. The summed E-state index contributed by atoms with van der Waals surface area (Å²) in [7, 11) is 0. The van der Waals surface area contributed by atoms with Crippen molar-refractivity contribution in [3.05, 3.63) is 29.8 Å². The van der Waals surface area contributed by atoms with Crippen molar-refractivity contribution in [1.29, 1.82) is 5.26 Å². The van der Waals surface area contributed by atoms with Crippen molar-refractivity contribution in [1.82, 2.24) is 5.32 Å². The molecule has 1 rings (SSSR count). The van der Waals surface area contributed by atoms with E-state index in [4.69, 9.17) is 14.7 Å². The van der Waals surface area contributed by atoms with E-state index in [1.54, 1.807) is 38.1 Å². The molecule has 0 aromatic heterocycles. The van der Waals surface area contributed by atoms with E-state index in [1.807, 2.05) is 13.0 Å². The topological polar surface area (TPSA) is 88.4 Å². The highest BCUT2D eigenvalue weighted by atomic mass is 16.5. The molecule has 0 aliphatic carbocycles. The van der Waals surface area contributed by atoms with Gasteiger partial charge >= 0.3 is 5.97 Å². The zero-order valence-electron chi connectivity index (χ0n) is 13.8. The number of ether oxygens (including phenoxy) is 2. The lowest BCUT2D eigenvalue weighted by atomic mass is 10.0. The van der Waals surface area contributed by atoms with Gasteiger partial charge in [0.15, 0.2) is 6.10 Å². The first-order valence-electron chi connectivity index (χ1n) is 7.52. The molecule has 23 heavy (non-hydrogen) atoms. The van der Waals surface area contributed by atoms with Crippen molar-refractivity contribution in [3.63, 3.8) is 0 Å². The van der Waals surface area contributed by atoms with E-state index in [2.05, 4.69) is 5.32 Å². The Bertz CT molecular complexity index is 575. The van der Waals surface area contributed by atoms with Crippen LogP contribution < -0.4 is 10.1 Å².